The van der Waals surface area contributed by atoms with Crippen molar-refractivity contribution in [3.8, 4) is 0 Å². The van der Waals surface area contributed by atoms with Gasteiger partial charge in [-0.05, 0) is 6.92 Å². The first-order chi connectivity index (χ1) is 4.81. The van der Waals surface area contributed by atoms with Crippen molar-refractivity contribution in [3.05, 3.63) is 0 Å². The van der Waals surface area contributed by atoms with Gasteiger partial charge in [0.25, 0.3) is 0 Å². The fraction of sp³-hybridized carbons (Fsp3) is 0.800. The van der Waals surface area contributed by atoms with Crippen molar-refractivity contribution < 1.29 is 13.2 Å². The van der Waals surface area contributed by atoms with Crippen LogP contribution in [0.15, 0.2) is 0 Å². The molecule has 6 heteroatoms. The van der Waals surface area contributed by atoms with Gasteiger partial charge in [0, 0.05) is 6.26 Å². The van der Waals surface area contributed by atoms with Gasteiger partial charge in [0.15, 0.2) is 9.84 Å². The molecule has 0 saturated carbocycles. The average molecular weight is 291 g/mol. The van der Waals surface area contributed by atoms with Crippen LogP contribution in [0.1, 0.15) is 6.92 Å². The second-order valence-corrected chi connectivity index (χ2v) is 6.26. The van der Waals surface area contributed by atoms with E-state index >= 15 is 0 Å². The molecule has 0 spiro atoms. The predicted molar refractivity (Wildman–Crippen MR) is 51.3 cm³/mol. The highest BCUT2D eigenvalue weighted by atomic mass is 127. The van der Waals surface area contributed by atoms with Crippen molar-refractivity contribution in [2.24, 2.45) is 0 Å². The molecule has 0 aliphatic heterocycles. The van der Waals surface area contributed by atoms with Crippen molar-refractivity contribution >= 4 is 38.3 Å². The predicted octanol–water partition coefficient (Wildman–Crippen LogP) is -0.0718. The van der Waals surface area contributed by atoms with Crippen LogP contribution in [-0.2, 0) is 14.6 Å². The van der Waals surface area contributed by atoms with E-state index in [1.807, 2.05) is 22.6 Å². The number of hydrogen-bond acceptors (Lipinski definition) is 3. The van der Waals surface area contributed by atoms with E-state index in [-0.39, 0.29) is 4.05 Å². The maximum atomic E-state index is 10.8. The minimum Gasteiger partial charge on any atom is -0.344 e. The summed E-state index contributed by atoms with van der Waals surface area (Å²) in [6.45, 7) is 1.76. The second kappa shape index (κ2) is 4.24. The summed E-state index contributed by atoms with van der Waals surface area (Å²) in [5.74, 6) is -0.880. The van der Waals surface area contributed by atoms with Gasteiger partial charge in [0.05, 0.1) is 4.05 Å². The fourth-order valence-electron chi connectivity index (χ4n) is 0.502. The lowest BCUT2D eigenvalue weighted by atomic mass is 10.6. The Hall–Kier alpha value is 0.150. The molecule has 4 nitrogen and oxygen atoms in total. The lowest BCUT2D eigenvalue weighted by molar-refractivity contribution is -0.118. The SMILES string of the molecule is CC(I)NC(=O)CS(C)(=O)=O. The number of nitrogens with one attached hydrogen (secondary N) is 1. The molecule has 0 radical (unpaired) electrons. The molecule has 0 saturated heterocycles. The maximum Gasteiger partial charge on any atom is 0.235 e. The minimum absolute atomic E-state index is 0.0400. The van der Waals surface area contributed by atoms with E-state index in [1.165, 1.54) is 0 Å². The quantitative estimate of drug-likeness (QED) is 0.450. The van der Waals surface area contributed by atoms with Gasteiger partial charge in [-0.3, -0.25) is 4.79 Å². The van der Waals surface area contributed by atoms with Crippen LogP contribution in [0.2, 0.25) is 0 Å². The molecule has 1 N–H and O–H groups in total. The molecule has 0 aliphatic carbocycles. The third-order valence-corrected chi connectivity index (χ3v) is 1.85. The van der Waals surface area contributed by atoms with Crippen molar-refractivity contribution in [3.63, 3.8) is 0 Å². The van der Waals surface area contributed by atoms with E-state index in [0.29, 0.717) is 0 Å². The van der Waals surface area contributed by atoms with Crippen LogP contribution in [0.3, 0.4) is 0 Å². The summed E-state index contributed by atoms with van der Waals surface area (Å²) in [7, 11) is -3.18. The minimum atomic E-state index is -3.18. The first-order valence-corrected chi connectivity index (χ1v) is 6.23. The standard InChI is InChI=1S/C5H10INO3S/c1-4(6)7-5(8)3-11(2,9)10/h4H,3H2,1-2H3,(H,7,8). The Morgan fingerprint density at radius 2 is 2.09 bits per heavy atom. The van der Waals surface area contributed by atoms with Crippen LogP contribution in [0.4, 0.5) is 0 Å². The normalized spacial score (nSPS) is 14.1. The van der Waals surface area contributed by atoms with Gasteiger partial charge in [0.1, 0.15) is 5.75 Å². The second-order valence-electron chi connectivity index (χ2n) is 2.25. The van der Waals surface area contributed by atoms with Crippen LogP contribution in [0.25, 0.3) is 0 Å². The maximum absolute atomic E-state index is 10.8. The summed E-state index contributed by atoms with van der Waals surface area (Å²) in [6, 6.07) is 0. The Bertz CT molecular complexity index is 234. The van der Waals surface area contributed by atoms with Crippen molar-refractivity contribution in [2.45, 2.75) is 11.0 Å². The summed E-state index contributed by atoms with van der Waals surface area (Å²) in [4.78, 5) is 10.8. The number of rotatable bonds is 3. The Morgan fingerprint density at radius 1 is 1.64 bits per heavy atom. The Kier molecular flexibility index (Phi) is 4.30. The monoisotopic (exact) mass is 291 g/mol. The summed E-state index contributed by atoms with van der Waals surface area (Å²) in [5.41, 5.74) is 0. The van der Waals surface area contributed by atoms with Crippen molar-refractivity contribution in [1.29, 1.82) is 0 Å². The highest BCUT2D eigenvalue weighted by molar-refractivity contribution is 14.1. The summed E-state index contributed by atoms with van der Waals surface area (Å²) < 4.78 is 21.1. The number of alkyl halides is 1. The third-order valence-electron chi connectivity index (χ3n) is 0.753. The highest BCUT2D eigenvalue weighted by Crippen LogP contribution is 1.92. The number of sulfone groups is 1. The average Bonchev–Trinajstić information content (AvgIpc) is 1.53. The molecule has 0 heterocycles. The van der Waals surface area contributed by atoms with Crippen LogP contribution in [0, 0.1) is 0 Å². The highest BCUT2D eigenvalue weighted by Gasteiger charge is 2.11. The topological polar surface area (TPSA) is 63.2 Å². The zero-order valence-corrected chi connectivity index (χ0v) is 9.27. The summed E-state index contributed by atoms with van der Waals surface area (Å²) in [6.07, 6.45) is 1.03. The lowest BCUT2D eigenvalue weighted by Crippen LogP contribution is -2.33. The molecule has 0 fully saturated rings. The summed E-state index contributed by atoms with van der Waals surface area (Å²) in [5, 5.41) is 2.47. The van der Waals surface area contributed by atoms with Gasteiger partial charge in [-0.25, -0.2) is 8.42 Å². The molecule has 0 aromatic carbocycles. The lowest BCUT2D eigenvalue weighted by Gasteiger charge is -2.04. The van der Waals surface area contributed by atoms with Gasteiger partial charge < -0.3 is 5.32 Å². The Labute approximate surface area is 79.8 Å². The van der Waals surface area contributed by atoms with Crippen LogP contribution >= 0.6 is 22.6 Å². The molecule has 11 heavy (non-hydrogen) atoms. The zero-order valence-electron chi connectivity index (χ0n) is 6.30. The number of amides is 1. The molecule has 0 aromatic rings. The Morgan fingerprint density at radius 3 is 2.36 bits per heavy atom. The molecule has 1 unspecified atom stereocenters. The van der Waals surface area contributed by atoms with Crippen molar-refractivity contribution in [2.75, 3.05) is 12.0 Å². The Balaban J connectivity index is 3.91. The first-order valence-electron chi connectivity index (χ1n) is 2.92. The number of carbonyl (C=O) groups excluding carboxylic acids is 1. The van der Waals surface area contributed by atoms with Crippen LogP contribution in [0.5, 0.6) is 0 Å². The van der Waals surface area contributed by atoms with E-state index < -0.39 is 21.5 Å². The summed E-state index contributed by atoms with van der Waals surface area (Å²) >= 11 is 1.98. The number of carbonyl (C=O) groups is 1. The third kappa shape index (κ3) is 8.05. The van der Waals surface area contributed by atoms with E-state index in [4.69, 9.17) is 0 Å². The van der Waals surface area contributed by atoms with Gasteiger partial charge in [-0.2, -0.15) is 0 Å². The van der Waals surface area contributed by atoms with Gasteiger partial charge in [-0.1, -0.05) is 22.6 Å². The number of halogens is 1. The molecule has 0 aromatic heterocycles. The molecule has 0 bridgehead atoms. The van der Waals surface area contributed by atoms with E-state index in [0.717, 1.165) is 6.26 Å². The molecule has 0 aliphatic rings. The first kappa shape index (κ1) is 11.2. The van der Waals surface area contributed by atoms with E-state index in [2.05, 4.69) is 5.32 Å². The zero-order chi connectivity index (χ0) is 9.07. The molecule has 1 atom stereocenters. The fourth-order valence-corrected chi connectivity index (χ4v) is 1.41. The molecule has 1 amide bonds. The molecular formula is C5H10INO3S. The number of hydrogen-bond donors (Lipinski definition) is 1. The molecule has 66 valence electrons. The van der Waals surface area contributed by atoms with Gasteiger partial charge in [-0.15, -0.1) is 0 Å². The smallest absolute Gasteiger partial charge is 0.235 e. The van der Waals surface area contributed by atoms with Crippen molar-refractivity contribution in [1.82, 2.24) is 5.32 Å². The van der Waals surface area contributed by atoms with E-state index in [1.54, 1.807) is 6.92 Å². The van der Waals surface area contributed by atoms with Crippen LogP contribution < -0.4 is 5.32 Å². The van der Waals surface area contributed by atoms with Gasteiger partial charge >= 0.3 is 0 Å². The molecule has 0 rings (SSSR count). The van der Waals surface area contributed by atoms with Crippen LogP contribution in [-0.4, -0.2) is 30.4 Å². The van der Waals surface area contributed by atoms with E-state index in [9.17, 15) is 13.2 Å². The largest absolute Gasteiger partial charge is 0.344 e. The molecular weight excluding hydrogens is 281 g/mol. The van der Waals surface area contributed by atoms with Gasteiger partial charge in [0.2, 0.25) is 5.91 Å².